The third-order valence-corrected chi connectivity index (χ3v) is 4.56. The predicted octanol–water partition coefficient (Wildman–Crippen LogP) is 4.31. The summed E-state index contributed by atoms with van der Waals surface area (Å²) in [6.45, 7) is 8.18. The van der Waals surface area contributed by atoms with Gasteiger partial charge in [-0.15, -0.1) is 0 Å². The average molecular weight is 259 g/mol. The van der Waals surface area contributed by atoms with E-state index in [0.29, 0.717) is 10.8 Å². The van der Waals surface area contributed by atoms with Crippen molar-refractivity contribution in [2.24, 2.45) is 5.41 Å². The summed E-state index contributed by atoms with van der Waals surface area (Å²) in [5.74, 6) is 0. The minimum Gasteiger partial charge on any atom is -0.319 e. The van der Waals surface area contributed by atoms with Gasteiger partial charge in [-0.1, -0.05) is 45.0 Å². The number of benzene rings is 1. The van der Waals surface area contributed by atoms with Crippen LogP contribution in [0.1, 0.15) is 57.6 Å². The van der Waals surface area contributed by atoms with Crippen LogP contribution in [0.5, 0.6) is 0 Å². The van der Waals surface area contributed by atoms with E-state index in [1.54, 1.807) is 11.1 Å². The van der Waals surface area contributed by atoms with Crippen LogP contribution in [0.25, 0.3) is 0 Å². The maximum Gasteiger partial charge on any atom is 0.00807 e. The van der Waals surface area contributed by atoms with E-state index < -0.39 is 0 Å². The highest BCUT2D eigenvalue weighted by molar-refractivity contribution is 5.37. The minimum absolute atomic E-state index is 0.358. The number of fused-ring (bicyclic) bond motifs is 1. The molecule has 1 nitrogen and oxygen atoms in total. The fourth-order valence-corrected chi connectivity index (χ4v) is 3.49. The molecule has 1 aliphatic rings. The van der Waals surface area contributed by atoms with Crippen LogP contribution in [-0.2, 0) is 11.8 Å². The van der Waals surface area contributed by atoms with E-state index in [1.165, 1.54) is 32.1 Å². The lowest BCUT2D eigenvalue weighted by molar-refractivity contribution is 0.259. The van der Waals surface area contributed by atoms with Crippen LogP contribution in [0.2, 0.25) is 0 Å². The summed E-state index contributed by atoms with van der Waals surface area (Å²) in [5, 5.41) is 3.46. The van der Waals surface area contributed by atoms with E-state index in [1.807, 2.05) is 0 Å². The van der Waals surface area contributed by atoms with Crippen LogP contribution >= 0.6 is 0 Å². The lowest BCUT2D eigenvalue weighted by Gasteiger charge is -2.41. The van der Waals surface area contributed by atoms with Gasteiger partial charge < -0.3 is 5.32 Å². The van der Waals surface area contributed by atoms with Crippen LogP contribution in [0.15, 0.2) is 24.3 Å². The quantitative estimate of drug-likeness (QED) is 0.850. The number of hydrogen-bond acceptors (Lipinski definition) is 1. The summed E-state index contributed by atoms with van der Waals surface area (Å²) in [4.78, 5) is 0. The predicted molar refractivity (Wildman–Crippen MR) is 83.7 cm³/mol. The molecule has 0 saturated carbocycles. The van der Waals surface area contributed by atoms with Gasteiger partial charge in [0.25, 0.3) is 0 Å². The van der Waals surface area contributed by atoms with Crippen LogP contribution in [0, 0.1) is 5.41 Å². The lowest BCUT2D eigenvalue weighted by atomic mass is 9.65. The summed E-state index contributed by atoms with van der Waals surface area (Å²) >= 11 is 0. The van der Waals surface area contributed by atoms with Crippen LogP contribution in [-0.4, -0.2) is 13.6 Å². The molecule has 19 heavy (non-hydrogen) atoms. The molecule has 1 aromatic carbocycles. The third-order valence-electron chi connectivity index (χ3n) is 4.56. The first-order valence-corrected chi connectivity index (χ1v) is 7.70. The Labute approximate surface area is 118 Å². The SMILES string of the molecule is CNCC1(CCC(C)(C)C)CCCc2ccccc21. The first kappa shape index (κ1) is 14.6. The molecule has 0 bridgehead atoms. The molecular formula is C18H29N. The van der Waals surface area contributed by atoms with E-state index in [9.17, 15) is 0 Å². The molecule has 1 heteroatoms. The smallest absolute Gasteiger partial charge is 0.00807 e. The Morgan fingerprint density at radius 2 is 1.95 bits per heavy atom. The van der Waals surface area contributed by atoms with Crippen molar-refractivity contribution < 1.29 is 0 Å². The molecule has 1 aliphatic carbocycles. The second-order valence-electron chi connectivity index (χ2n) is 7.38. The van der Waals surface area contributed by atoms with Gasteiger partial charge in [0, 0.05) is 12.0 Å². The number of aryl methyl sites for hydroxylation is 1. The molecule has 0 spiro atoms. The third kappa shape index (κ3) is 3.39. The molecule has 0 aliphatic heterocycles. The topological polar surface area (TPSA) is 12.0 Å². The van der Waals surface area contributed by atoms with E-state index in [4.69, 9.17) is 0 Å². The van der Waals surface area contributed by atoms with Crippen LogP contribution in [0.4, 0.5) is 0 Å². The average Bonchev–Trinajstić information content (AvgIpc) is 2.37. The molecular weight excluding hydrogens is 230 g/mol. The molecule has 106 valence electrons. The summed E-state index contributed by atoms with van der Waals surface area (Å²) < 4.78 is 0. The first-order chi connectivity index (χ1) is 8.97. The maximum absolute atomic E-state index is 3.46. The van der Waals surface area contributed by atoms with Crippen molar-refractivity contribution in [3.63, 3.8) is 0 Å². The molecule has 0 aromatic heterocycles. The molecule has 0 radical (unpaired) electrons. The Bertz CT molecular complexity index is 416. The van der Waals surface area contributed by atoms with E-state index >= 15 is 0 Å². The van der Waals surface area contributed by atoms with Gasteiger partial charge in [-0.2, -0.15) is 0 Å². The van der Waals surface area contributed by atoms with Crippen molar-refractivity contribution in [1.29, 1.82) is 0 Å². The van der Waals surface area contributed by atoms with Crippen molar-refractivity contribution in [1.82, 2.24) is 5.32 Å². The van der Waals surface area contributed by atoms with E-state index in [-0.39, 0.29) is 0 Å². The van der Waals surface area contributed by atoms with Crippen molar-refractivity contribution in [3.05, 3.63) is 35.4 Å². The van der Waals surface area contributed by atoms with Gasteiger partial charge in [0.05, 0.1) is 0 Å². The molecule has 0 fully saturated rings. The zero-order valence-electron chi connectivity index (χ0n) is 13.1. The maximum atomic E-state index is 3.46. The molecule has 2 rings (SSSR count). The number of rotatable bonds is 4. The second-order valence-corrected chi connectivity index (χ2v) is 7.38. The summed E-state index contributed by atoms with van der Waals surface area (Å²) in [5.41, 5.74) is 3.97. The largest absolute Gasteiger partial charge is 0.319 e. The Morgan fingerprint density at radius 1 is 1.21 bits per heavy atom. The molecule has 0 heterocycles. The van der Waals surface area contributed by atoms with Crippen molar-refractivity contribution in [3.8, 4) is 0 Å². The zero-order chi connectivity index (χ0) is 13.9. The van der Waals surface area contributed by atoms with E-state index in [2.05, 4.69) is 57.4 Å². The number of nitrogens with one attached hydrogen (secondary N) is 1. The highest BCUT2D eigenvalue weighted by Crippen LogP contribution is 2.42. The van der Waals surface area contributed by atoms with Gasteiger partial charge in [-0.05, 0) is 55.7 Å². The summed E-state index contributed by atoms with van der Waals surface area (Å²) in [6.07, 6.45) is 6.53. The molecule has 0 amide bonds. The molecule has 1 N–H and O–H groups in total. The standard InChI is InChI=1S/C18H29N/c1-17(2,3)12-13-18(14-19-4)11-7-9-15-8-5-6-10-16(15)18/h5-6,8,10,19H,7,9,11-14H2,1-4H3. The van der Waals surface area contributed by atoms with Crippen LogP contribution in [0.3, 0.4) is 0 Å². The summed E-state index contributed by atoms with van der Waals surface area (Å²) in [7, 11) is 2.09. The second kappa shape index (κ2) is 5.66. The van der Waals surface area contributed by atoms with Crippen molar-refractivity contribution in [2.75, 3.05) is 13.6 Å². The monoisotopic (exact) mass is 259 g/mol. The Kier molecular flexibility index (Phi) is 4.35. The molecule has 1 atom stereocenters. The lowest BCUT2D eigenvalue weighted by Crippen LogP contribution is -2.40. The van der Waals surface area contributed by atoms with Gasteiger partial charge >= 0.3 is 0 Å². The van der Waals surface area contributed by atoms with Crippen molar-refractivity contribution >= 4 is 0 Å². The van der Waals surface area contributed by atoms with Gasteiger partial charge in [-0.3, -0.25) is 0 Å². The normalized spacial score (nSPS) is 23.2. The van der Waals surface area contributed by atoms with Gasteiger partial charge in [-0.25, -0.2) is 0 Å². The Morgan fingerprint density at radius 3 is 2.63 bits per heavy atom. The molecule has 1 unspecified atom stereocenters. The minimum atomic E-state index is 0.358. The summed E-state index contributed by atoms with van der Waals surface area (Å²) in [6, 6.07) is 9.11. The zero-order valence-corrected chi connectivity index (χ0v) is 13.1. The van der Waals surface area contributed by atoms with Gasteiger partial charge in [0.15, 0.2) is 0 Å². The number of hydrogen-bond donors (Lipinski definition) is 1. The fourth-order valence-electron chi connectivity index (χ4n) is 3.49. The molecule has 1 aromatic rings. The number of likely N-dealkylation sites (N-methyl/N-ethyl adjacent to an activating group) is 1. The van der Waals surface area contributed by atoms with Gasteiger partial charge in [0.2, 0.25) is 0 Å². The highest BCUT2D eigenvalue weighted by atomic mass is 14.8. The van der Waals surface area contributed by atoms with Crippen LogP contribution < -0.4 is 5.32 Å². The molecule has 0 saturated heterocycles. The first-order valence-electron chi connectivity index (χ1n) is 7.70. The van der Waals surface area contributed by atoms with Crippen molar-refractivity contribution in [2.45, 2.75) is 58.3 Å². The fraction of sp³-hybridized carbons (Fsp3) is 0.667. The van der Waals surface area contributed by atoms with Gasteiger partial charge in [0.1, 0.15) is 0 Å². The van der Waals surface area contributed by atoms with E-state index in [0.717, 1.165) is 6.54 Å². The Balaban J connectivity index is 2.29. The Hall–Kier alpha value is -0.820. The highest BCUT2D eigenvalue weighted by Gasteiger charge is 2.36.